The summed E-state index contributed by atoms with van der Waals surface area (Å²) in [4.78, 5) is 0. The summed E-state index contributed by atoms with van der Waals surface area (Å²) in [6.45, 7) is 2.88. The van der Waals surface area contributed by atoms with Gasteiger partial charge in [0.2, 0.25) is 0 Å². The van der Waals surface area contributed by atoms with Gasteiger partial charge in [0, 0.05) is 11.1 Å². The Balaban J connectivity index is 1.75. The monoisotopic (exact) mass is 279 g/mol. The lowest BCUT2D eigenvalue weighted by Crippen LogP contribution is -2.24. The van der Waals surface area contributed by atoms with Crippen molar-refractivity contribution in [3.63, 3.8) is 0 Å². The number of anilines is 1. The van der Waals surface area contributed by atoms with E-state index < -0.39 is 0 Å². The van der Waals surface area contributed by atoms with Gasteiger partial charge in [-0.05, 0) is 62.1 Å². The summed E-state index contributed by atoms with van der Waals surface area (Å²) >= 11 is 6.13. The van der Waals surface area contributed by atoms with Crippen LogP contribution in [0.5, 0.6) is 5.75 Å². The van der Waals surface area contributed by atoms with Gasteiger partial charge in [-0.3, -0.25) is 0 Å². The first-order chi connectivity index (χ1) is 9.28. The maximum absolute atomic E-state index is 6.13. The quantitative estimate of drug-likeness (QED) is 0.779. The van der Waals surface area contributed by atoms with Crippen LogP contribution in [0.3, 0.4) is 0 Å². The Morgan fingerprint density at radius 3 is 2.53 bits per heavy atom. The van der Waals surface area contributed by atoms with Crippen molar-refractivity contribution in [2.24, 2.45) is 11.8 Å². The van der Waals surface area contributed by atoms with Gasteiger partial charge in [-0.25, -0.2) is 0 Å². The van der Waals surface area contributed by atoms with Crippen LogP contribution >= 0.6 is 11.6 Å². The normalized spacial score (nSPS) is 18.7. The van der Waals surface area contributed by atoms with Gasteiger partial charge in [0.25, 0.3) is 0 Å². The number of halogens is 1. The molecule has 0 bridgehead atoms. The van der Waals surface area contributed by atoms with E-state index in [1.165, 1.54) is 25.7 Å². The predicted octanol–water partition coefficient (Wildman–Crippen LogP) is 4.73. The summed E-state index contributed by atoms with van der Waals surface area (Å²) in [6.07, 6.45) is 6.52. The van der Waals surface area contributed by atoms with Crippen molar-refractivity contribution >= 4 is 17.3 Å². The fourth-order valence-electron chi connectivity index (χ4n) is 2.66. The van der Waals surface area contributed by atoms with Crippen LogP contribution in [-0.2, 0) is 0 Å². The molecule has 0 spiro atoms. The van der Waals surface area contributed by atoms with Crippen LogP contribution in [0.15, 0.2) is 18.2 Å². The minimum absolute atomic E-state index is 0.627. The number of hydrogen-bond acceptors (Lipinski definition) is 2. The smallest absolute Gasteiger partial charge is 0.142 e. The molecule has 0 aliphatic heterocycles. The van der Waals surface area contributed by atoms with Crippen LogP contribution in [0.1, 0.15) is 39.0 Å². The molecule has 104 valence electrons. The molecule has 0 atom stereocenters. The van der Waals surface area contributed by atoms with E-state index in [1.54, 1.807) is 0 Å². The highest BCUT2D eigenvalue weighted by molar-refractivity contribution is 6.30. The fourth-order valence-corrected chi connectivity index (χ4v) is 2.84. The first-order valence-corrected chi connectivity index (χ1v) is 7.84. The Morgan fingerprint density at radius 1 is 1.26 bits per heavy atom. The minimum atomic E-state index is 0.627. The zero-order valence-electron chi connectivity index (χ0n) is 11.5. The van der Waals surface area contributed by atoms with E-state index in [4.69, 9.17) is 16.3 Å². The van der Waals surface area contributed by atoms with Crippen molar-refractivity contribution in [3.8, 4) is 5.75 Å². The van der Waals surface area contributed by atoms with Crippen molar-refractivity contribution in [2.45, 2.75) is 45.1 Å². The molecule has 1 aromatic rings. The topological polar surface area (TPSA) is 21.3 Å². The van der Waals surface area contributed by atoms with Crippen molar-refractivity contribution in [3.05, 3.63) is 23.2 Å². The average molecular weight is 280 g/mol. The lowest BCUT2D eigenvalue weighted by Gasteiger charge is -2.21. The van der Waals surface area contributed by atoms with Gasteiger partial charge >= 0.3 is 0 Å². The van der Waals surface area contributed by atoms with Gasteiger partial charge in [-0.2, -0.15) is 0 Å². The van der Waals surface area contributed by atoms with Crippen LogP contribution in [0.4, 0.5) is 5.69 Å². The second-order valence-corrected chi connectivity index (χ2v) is 6.27. The molecule has 0 saturated heterocycles. The lowest BCUT2D eigenvalue weighted by atomic mass is 10.1. The molecule has 0 aromatic heterocycles. The number of hydrogen-bond donors (Lipinski definition) is 1. The standard InChI is InChI=1S/C16H22ClNO/c1-2-9-19-15-8-7-13(17)10-14(15)18-16(11-3-4-11)12-5-6-12/h7-8,10-12,16,18H,2-6,9H2,1H3. The molecule has 0 radical (unpaired) electrons. The molecule has 1 N–H and O–H groups in total. The predicted molar refractivity (Wildman–Crippen MR) is 80.1 cm³/mol. The van der Waals surface area contributed by atoms with E-state index in [0.717, 1.165) is 41.3 Å². The fraction of sp³-hybridized carbons (Fsp3) is 0.625. The number of benzene rings is 1. The summed E-state index contributed by atoms with van der Waals surface area (Å²) in [6, 6.07) is 6.52. The van der Waals surface area contributed by atoms with Crippen molar-refractivity contribution in [1.29, 1.82) is 0 Å². The number of nitrogens with one attached hydrogen (secondary N) is 1. The van der Waals surface area contributed by atoms with Crippen molar-refractivity contribution in [1.82, 2.24) is 0 Å². The number of rotatable bonds is 7. The molecule has 2 nitrogen and oxygen atoms in total. The third kappa shape index (κ3) is 3.36. The summed E-state index contributed by atoms with van der Waals surface area (Å²) in [5.74, 6) is 2.67. The first kappa shape index (κ1) is 13.1. The molecule has 2 aliphatic carbocycles. The molecule has 3 rings (SSSR count). The van der Waals surface area contributed by atoms with E-state index in [-0.39, 0.29) is 0 Å². The second kappa shape index (κ2) is 5.62. The third-order valence-corrected chi connectivity index (χ3v) is 4.22. The molecule has 2 saturated carbocycles. The summed E-state index contributed by atoms with van der Waals surface area (Å²) in [5, 5.41) is 4.49. The van der Waals surface area contributed by atoms with E-state index in [2.05, 4.69) is 12.2 Å². The average Bonchev–Trinajstić information content (AvgIpc) is 3.28. The second-order valence-electron chi connectivity index (χ2n) is 5.83. The molecule has 2 aliphatic rings. The van der Waals surface area contributed by atoms with Gasteiger partial charge in [-0.1, -0.05) is 18.5 Å². The van der Waals surface area contributed by atoms with Gasteiger partial charge in [0.1, 0.15) is 5.75 Å². The molecule has 3 heteroatoms. The summed E-state index contributed by atoms with van der Waals surface area (Å²) in [7, 11) is 0. The van der Waals surface area contributed by atoms with Crippen molar-refractivity contribution in [2.75, 3.05) is 11.9 Å². The van der Waals surface area contributed by atoms with Crippen LogP contribution in [0.2, 0.25) is 5.02 Å². The third-order valence-electron chi connectivity index (χ3n) is 3.99. The highest BCUT2D eigenvalue weighted by atomic mass is 35.5. The lowest BCUT2D eigenvalue weighted by molar-refractivity contribution is 0.318. The zero-order chi connectivity index (χ0) is 13.2. The summed E-state index contributed by atoms with van der Waals surface area (Å²) < 4.78 is 5.82. The zero-order valence-corrected chi connectivity index (χ0v) is 12.2. The van der Waals surface area contributed by atoms with Gasteiger partial charge in [0.05, 0.1) is 12.3 Å². The van der Waals surface area contributed by atoms with Gasteiger partial charge in [-0.15, -0.1) is 0 Å². The minimum Gasteiger partial charge on any atom is -0.491 e. The molecule has 0 unspecified atom stereocenters. The Hall–Kier alpha value is -0.890. The Morgan fingerprint density at radius 2 is 1.95 bits per heavy atom. The Kier molecular flexibility index (Phi) is 3.88. The van der Waals surface area contributed by atoms with Crippen LogP contribution < -0.4 is 10.1 Å². The van der Waals surface area contributed by atoms with Crippen LogP contribution in [0.25, 0.3) is 0 Å². The molecule has 2 fully saturated rings. The molecule has 19 heavy (non-hydrogen) atoms. The Bertz CT molecular complexity index is 428. The van der Waals surface area contributed by atoms with E-state index in [0.29, 0.717) is 6.04 Å². The van der Waals surface area contributed by atoms with E-state index in [1.807, 2.05) is 18.2 Å². The highest BCUT2D eigenvalue weighted by Gasteiger charge is 2.41. The molecule has 0 heterocycles. The van der Waals surface area contributed by atoms with Gasteiger partial charge < -0.3 is 10.1 Å². The maximum Gasteiger partial charge on any atom is 0.142 e. The summed E-state index contributed by atoms with van der Waals surface area (Å²) in [5.41, 5.74) is 1.07. The van der Waals surface area contributed by atoms with E-state index in [9.17, 15) is 0 Å². The highest BCUT2D eigenvalue weighted by Crippen LogP contribution is 2.46. The Labute approximate surface area is 120 Å². The van der Waals surface area contributed by atoms with Crippen LogP contribution in [-0.4, -0.2) is 12.6 Å². The van der Waals surface area contributed by atoms with Gasteiger partial charge in [0.15, 0.2) is 0 Å². The van der Waals surface area contributed by atoms with Crippen LogP contribution in [0, 0.1) is 11.8 Å². The first-order valence-electron chi connectivity index (χ1n) is 7.47. The molecular formula is C16H22ClNO. The van der Waals surface area contributed by atoms with E-state index >= 15 is 0 Å². The SMILES string of the molecule is CCCOc1ccc(Cl)cc1NC(C1CC1)C1CC1. The maximum atomic E-state index is 6.13. The van der Waals surface area contributed by atoms with Crippen molar-refractivity contribution < 1.29 is 4.74 Å². The molecule has 0 amide bonds. The number of ether oxygens (including phenoxy) is 1. The molecular weight excluding hydrogens is 258 g/mol. The molecule has 1 aromatic carbocycles. The largest absolute Gasteiger partial charge is 0.491 e.